The van der Waals surface area contributed by atoms with Crippen LogP contribution in [0.1, 0.15) is 18.1 Å². The van der Waals surface area contributed by atoms with E-state index in [1.807, 2.05) is 24.3 Å². The number of nitrogens with one attached hydrogen (secondary N) is 1. The van der Waals surface area contributed by atoms with Gasteiger partial charge >= 0.3 is 0 Å². The average molecular weight is 324 g/mol. The van der Waals surface area contributed by atoms with Crippen LogP contribution in [0, 0.1) is 5.82 Å². The molecule has 4 nitrogen and oxygen atoms in total. The van der Waals surface area contributed by atoms with Crippen molar-refractivity contribution in [1.29, 1.82) is 0 Å². The number of imide groups is 1. The molecule has 0 atom stereocenters. The van der Waals surface area contributed by atoms with Crippen molar-refractivity contribution in [2.24, 2.45) is 0 Å². The normalized spacial score (nSPS) is 14.5. The molecule has 0 spiro atoms. The van der Waals surface area contributed by atoms with Gasteiger partial charge in [0.05, 0.1) is 5.57 Å². The molecule has 3 rings (SSSR count). The zero-order valence-corrected chi connectivity index (χ0v) is 13.5. The van der Waals surface area contributed by atoms with Crippen LogP contribution in [0.5, 0.6) is 0 Å². The lowest BCUT2D eigenvalue weighted by Crippen LogP contribution is -2.27. The maximum atomic E-state index is 13.1. The van der Waals surface area contributed by atoms with Gasteiger partial charge in [0.15, 0.2) is 0 Å². The second-order valence-electron chi connectivity index (χ2n) is 5.60. The van der Waals surface area contributed by atoms with Crippen molar-refractivity contribution in [1.82, 2.24) is 4.90 Å². The molecule has 0 fully saturated rings. The highest BCUT2D eigenvalue weighted by atomic mass is 19.1. The number of nitrogens with zero attached hydrogens (tertiary/aromatic N) is 1. The monoisotopic (exact) mass is 324 g/mol. The summed E-state index contributed by atoms with van der Waals surface area (Å²) in [6, 6.07) is 13.2. The van der Waals surface area contributed by atoms with E-state index in [4.69, 9.17) is 0 Å². The number of anilines is 1. The van der Waals surface area contributed by atoms with Crippen molar-refractivity contribution in [2.75, 3.05) is 12.4 Å². The zero-order valence-electron chi connectivity index (χ0n) is 13.5. The molecule has 0 unspecified atom stereocenters. The van der Waals surface area contributed by atoms with Crippen molar-refractivity contribution < 1.29 is 14.0 Å². The number of aryl methyl sites for hydroxylation is 1. The van der Waals surface area contributed by atoms with Crippen LogP contribution in [-0.4, -0.2) is 23.8 Å². The van der Waals surface area contributed by atoms with E-state index in [2.05, 4.69) is 12.2 Å². The van der Waals surface area contributed by atoms with Gasteiger partial charge in [0.1, 0.15) is 11.5 Å². The van der Waals surface area contributed by atoms with Crippen LogP contribution >= 0.6 is 0 Å². The van der Waals surface area contributed by atoms with E-state index in [1.165, 1.54) is 36.9 Å². The van der Waals surface area contributed by atoms with E-state index in [-0.39, 0.29) is 11.3 Å². The lowest BCUT2D eigenvalue weighted by molar-refractivity contribution is -0.135. The molecule has 0 aliphatic carbocycles. The van der Waals surface area contributed by atoms with E-state index in [9.17, 15) is 14.0 Å². The van der Waals surface area contributed by atoms with Crippen LogP contribution in [0.25, 0.3) is 5.57 Å². The average Bonchev–Trinajstić information content (AvgIpc) is 2.81. The number of carbonyl (C=O) groups is 2. The van der Waals surface area contributed by atoms with Gasteiger partial charge in [0.2, 0.25) is 0 Å². The zero-order chi connectivity index (χ0) is 17.3. The van der Waals surface area contributed by atoms with Gasteiger partial charge in [0.25, 0.3) is 11.8 Å². The summed E-state index contributed by atoms with van der Waals surface area (Å²) >= 11 is 0. The summed E-state index contributed by atoms with van der Waals surface area (Å²) in [5.74, 6) is -1.20. The second kappa shape index (κ2) is 6.28. The molecular formula is C19H17FN2O2. The van der Waals surface area contributed by atoms with E-state index >= 15 is 0 Å². The minimum Gasteiger partial charge on any atom is -0.350 e. The van der Waals surface area contributed by atoms with E-state index in [1.54, 1.807) is 0 Å². The molecule has 1 N–H and O–H groups in total. The molecule has 1 heterocycles. The smallest absolute Gasteiger partial charge is 0.277 e. The lowest BCUT2D eigenvalue weighted by atomic mass is 10.0. The van der Waals surface area contributed by atoms with Crippen LogP contribution < -0.4 is 5.32 Å². The first-order valence-corrected chi connectivity index (χ1v) is 7.70. The number of hydrogen-bond donors (Lipinski definition) is 1. The Balaban J connectivity index is 2.02. The third-order valence-electron chi connectivity index (χ3n) is 4.05. The number of likely N-dealkylation sites (N-methyl/N-ethyl adjacent to an activating group) is 1. The van der Waals surface area contributed by atoms with Crippen molar-refractivity contribution in [3.05, 3.63) is 71.2 Å². The van der Waals surface area contributed by atoms with Gasteiger partial charge in [0, 0.05) is 12.7 Å². The summed E-state index contributed by atoms with van der Waals surface area (Å²) < 4.78 is 13.1. The molecule has 2 aromatic rings. The molecule has 0 saturated heterocycles. The van der Waals surface area contributed by atoms with Crippen LogP contribution in [-0.2, 0) is 16.0 Å². The van der Waals surface area contributed by atoms with Crippen molar-refractivity contribution in [3.8, 4) is 0 Å². The van der Waals surface area contributed by atoms with Crippen LogP contribution in [0.3, 0.4) is 0 Å². The molecule has 24 heavy (non-hydrogen) atoms. The van der Waals surface area contributed by atoms with E-state index < -0.39 is 17.6 Å². The molecular weight excluding hydrogens is 307 g/mol. The molecule has 0 bridgehead atoms. The molecule has 1 aliphatic heterocycles. The Morgan fingerprint density at radius 2 is 1.58 bits per heavy atom. The fourth-order valence-electron chi connectivity index (χ4n) is 2.61. The first kappa shape index (κ1) is 15.9. The second-order valence-corrected chi connectivity index (χ2v) is 5.60. The number of carbonyl (C=O) groups excluding carboxylic acids is 2. The highest BCUT2D eigenvalue weighted by molar-refractivity contribution is 6.36. The van der Waals surface area contributed by atoms with E-state index in [0.29, 0.717) is 5.56 Å². The Kier molecular flexibility index (Phi) is 4.16. The standard InChI is InChI=1S/C19H17FN2O2/c1-3-12-4-10-15(11-5-12)21-17-16(18(23)22(2)19(17)24)13-6-8-14(20)9-7-13/h4-11,21H,3H2,1-2H3. The number of amides is 2. The number of halogens is 1. The first-order chi connectivity index (χ1) is 11.5. The van der Waals surface area contributed by atoms with Gasteiger partial charge in [-0.2, -0.15) is 0 Å². The third-order valence-corrected chi connectivity index (χ3v) is 4.05. The van der Waals surface area contributed by atoms with Gasteiger partial charge in [-0.25, -0.2) is 4.39 Å². The molecule has 0 radical (unpaired) electrons. The first-order valence-electron chi connectivity index (χ1n) is 7.70. The summed E-state index contributed by atoms with van der Waals surface area (Å²) in [6.07, 6.45) is 0.921. The number of rotatable bonds is 4. The van der Waals surface area contributed by atoms with Crippen LogP contribution in [0.2, 0.25) is 0 Å². The summed E-state index contributed by atoms with van der Waals surface area (Å²) in [5, 5.41) is 3.04. The lowest BCUT2D eigenvalue weighted by Gasteiger charge is -2.09. The molecule has 0 aromatic heterocycles. The van der Waals surface area contributed by atoms with Gasteiger partial charge < -0.3 is 5.32 Å². The van der Waals surface area contributed by atoms with Crippen molar-refractivity contribution >= 4 is 23.1 Å². The third kappa shape index (κ3) is 2.80. The van der Waals surface area contributed by atoms with Gasteiger partial charge in [-0.1, -0.05) is 31.2 Å². The highest BCUT2D eigenvalue weighted by Gasteiger charge is 2.36. The maximum absolute atomic E-state index is 13.1. The predicted octanol–water partition coefficient (Wildman–Crippen LogP) is 3.21. The van der Waals surface area contributed by atoms with Crippen LogP contribution in [0.4, 0.5) is 10.1 Å². The topological polar surface area (TPSA) is 49.4 Å². The maximum Gasteiger partial charge on any atom is 0.277 e. The van der Waals surface area contributed by atoms with Gasteiger partial charge in [-0.15, -0.1) is 0 Å². The number of benzene rings is 2. The summed E-state index contributed by atoms with van der Waals surface area (Å²) in [5.41, 5.74) is 2.87. The summed E-state index contributed by atoms with van der Waals surface area (Å²) in [6.45, 7) is 2.06. The number of hydrogen-bond acceptors (Lipinski definition) is 3. The van der Waals surface area contributed by atoms with Gasteiger partial charge in [-0.3, -0.25) is 14.5 Å². The minimum absolute atomic E-state index is 0.207. The SMILES string of the molecule is CCc1ccc(NC2=C(c3ccc(F)cc3)C(=O)N(C)C2=O)cc1. The fourth-order valence-corrected chi connectivity index (χ4v) is 2.61. The van der Waals surface area contributed by atoms with Crippen molar-refractivity contribution in [3.63, 3.8) is 0 Å². The fraction of sp³-hybridized carbons (Fsp3) is 0.158. The molecule has 2 amide bonds. The Morgan fingerprint density at radius 1 is 0.958 bits per heavy atom. The van der Waals surface area contributed by atoms with Crippen molar-refractivity contribution in [2.45, 2.75) is 13.3 Å². The largest absolute Gasteiger partial charge is 0.350 e. The Hall–Kier alpha value is -2.95. The Bertz CT molecular complexity index is 823. The van der Waals surface area contributed by atoms with E-state index in [0.717, 1.165) is 17.0 Å². The summed E-state index contributed by atoms with van der Waals surface area (Å²) in [7, 11) is 1.43. The Morgan fingerprint density at radius 3 is 2.17 bits per heavy atom. The van der Waals surface area contributed by atoms with Crippen LogP contribution in [0.15, 0.2) is 54.2 Å². The molecule has 1 aliphatic rings. The van der Waals surface area contributed by atoms with Gasteiger partial charge in [-0.05, 0) is 41.8 Å². The molecule has 0 saturated carbocycles. The highest BCUT2D eigenvalue weighted by Crippen LogP contribution is 2.29. The molecule has 5 heteroatoms. The molecule has 122 valence electrons. The minimum atomic E-state index is -0.404. The quantitative estimate of drug-likeness (QED) is 0.879. The molecule has 2 aromatic carbocycles. The Labute approximate surface area is 139 Å². The predicted molar refractivity (Wildman–Crippen MR) is 90.5 cm³/mol. The summed E-state index contributed by atoms with van der Waals surface area (Å²) in [4.78, 5) is 25.9.